The van der Waals surface area contributed by atoms with Crippen molar-refractivity contribution in [3.63, 3.8) is 0 Å². The third-order valence-electron chi connectivity index (χ3n) is 2.44. The summed E-state index contributed by atoms with van der Waals surface area (Å²) in [6.07, 6.45) is 0.879. The molecule has 0 aliphatic rings. The number of sulfonamides is 1. The molecular weight excluding hydrogens is 296 g/mol. The lowest BCUT2D eigenvalue weighted by Crippen LogP contribution is -2.16. The second-order valence-corrected chi connectivity index (χ2v) is 7.33. The minimum Gasteiger partial charge on any atom is -0.258 e. The second-order valence-electron chi connectivity index (χ2n) is 3.82. The molecule has 0 saturated carbocycles. The van der Waals surface area contributed by atoms with Crippen LogP contribution in [-0.2, 0) is 26.3 Å². The average Bonchev–Trinajstić information content (AvgIpc) is 2.24. The van der Waals surface area contributed by atoms with Crippen molar-refractivity contribution >= 4 is 25.5 Å². The molecule has 0 saturated heterocycles. The molecule has 19 heavy (non-hydrogen) atoms. The molecule has 1 aromatic carbocycles. The van der Waals surface area contributed by atoms with E-state index >= 15 is 0 Å². The van der Waals surface area contributed by atoms with Gasteiger partial charge in [0.15, 0.2) is 14.7 Å². The second kappa shape index (κ2) is 4.87. The van der Waals surface area contributed by atoms with E-state index in [9.17, 15) is 26.9 Å². The molecule has 106 valence electrons. The Morgan fingerprint density at radius 3 is 2.00 bits per heavy atom. The predicted octanol–water partition coefficient (Wildman–Crippen LogP) is 0.208. The molecule has 0 unspecified atom stereocenters. The molecule has 1 rings (SSSR count). The van der Waals surface area contributed by atoms with E-state index in [0.717, 1.165) is 18.4 Å². The van der Waals surface area contributed by atoms with Crippen LogP contribution in [-0.4, -0.2) is 28.0 Å². The molecule has 0 aromatic heterocycles. The number of nitrogens with two attached hydrogens (primary N) is 1. The molecule has 0 aliphatic heterocycles. The molecule has 1 aromatic rings. The van der Waals surface area contributed by atoms with E-state index in [1.807, 2.05) is 0 Å². The summed E-state index contributed by atoms with van der Waals surface area (Å²) in [6, 6.07) is 1.85. The first-order chi connectivity index (χ1) is 8.50. The zero-order chi connectivity index (χ0) is 15.0. The van der Waals surface area contributed by atoms with Gasteiger partial charge in [0.25, 0.3) is 5.69 Å². The van der Waals surface area contributed by atoms with Crippen LogP contribution in [0.4, 0.5) is 5.69 Å². The summed E-state index contributed by atoms with van der Waals surface area (Å²) in [5, 5.41) is 15.9. The van der Waals surface area contributed by atoms with Gasteiger partial charge >= 0.3 is 0 Å². The monoisotopic (exact) mass is 308 g/mol. The molecule has 0 spiro atoms. The molecule has 8 nitrogen and oxygen atoms in total. The number of nitro benzene ring substituents is 1. The fraction of sp³-hybridized carbons (Fsp3) is 0.333. The van der Waals surface area contributed by atoms with Gasteiger partial charge in [0.05, 0.1) is 9.82 Å². The number of benzene rings is 1. The smallest absolute Gasteiger partial charge is 0.258 e. The summed E-state index contributed by atoms with van der Waals surface area (Å²) in [6.45, 7) is 1.49. The van der Waals surface area contributed by atoms with E-state index in [4.69, 9.17) is 5.14 Å². The molecule has 0 aliphatic carbocycles. The fourth-order valence-corrected chi connectivity index (χ4v) is 3.44. The molecular formula is C9H12N2O6S2. The Bertz CT molecular complexity index is 736. The summed E-state index contributed by atoms with van der Waals surface area (Å²) in [5.41, 5.74) is -0.952. The number of hydrogen-bond donors (Lipinski definition) is 1. The van der Waals surface area contributed by atoms with Crippen LogP contribution in [0.3, 0.4) is 0 Å². The summed E-state index contributed by atoms with van der Waals surface area (Å²) < 4.78 is 45.7. The minimum absolute atomic E-state index is 0.0118. The Labute approximate surface area is 110 Å². The van der Waals surface area contributed by atoms with E-state index in [0.29, 0.717) is 0 Å². The maximum Gasteiger partial charge on any atom is 0.293 e. The van der Waals surface area contributed by atoms with Crippen LogP contribution in [0.2, 0.25) is 0 Å². The molecule has 0 heterocycles. The van der Waals surface area contributed by atoms with Gasteiger partial charge in [-0.15, -0.1) is 0 Å². The first-order valence-electron chi connectivity index (χ1n) is 5.03. The maximum absolute atomic E-state index is 11.5. The summed E-state index contributed by atoms with van der Waals surface area (Å²) in [4.78, 5) is 9.12. The number of nitrogens with zero attached hydrogens (tertiary/aromatic N) is 1. The van der Waals surface area contributed by atoms with Gasteiger partial charge in [-0.2, -0.15) is 0 Å². The van der Waals surface area contributed by atoms with Crippen LogP contribution in [0, 0.1) is 10.1 Å². The third kappa shape index (κ3) is 3.08. The highest BCUT2D eigenvalue weighted by Gasteiger charge is 2.30. The number of hydrogen-bond acceptors (Lipinski definition) is 6. The van der Waals surface area contributed by atoms with Crippen LogP contribution in [0.25, 0.3) is 0 Å². The third-order valence-corrected chi connectivity index (χ3v) is 4.57. The zero-order valence-corrected chi connectivity index (χ0v) is 11.8. The van der Waals surface area contributed by atoms with Gasteiger partial charge in [0.1, 0.15) is 0 Å². The lowest BCUT2D eigenvalue weighted by atomic mass is 10.1. The summed E-state index contributed by atoms with van der Waals surface area (Å²) >= 11 is 0. The maximum atomic E-state index is 11.5. The zero-order valence-electron chi connectivity index (χ0n) is 10.2. The molecule has 0 bridgehead atoms. The van der Waals surface area contributed by atoms with Crippen molar-refractivity contribution in [2.24, 2.45) is 5.14 Å². The van der Waals surface area contributed by atoms with Crippen molar-refractivity contribution < 1.29 is 21.8 Å². The van der Waals surface area contributed by atoms with Crippen LogP contribution in [0.1, 0.15) is 12.5 Å². The van der Waals surface area contributed by atoms with E-state index in [-0.39, 0.29) is 16.9 Å². The number of rotatable bonds is 4. The van der Waals surface area contributed by atoms with E-state index in [2.05, 4.69) is 0 Å². The highest BCUT2D eigenvalue weighted by atomic mass is 32.2. The Hall–Kier alpha value is -1.52. The van der Waals surface area contributed by atoms with Gasteiger partial charge in [-0.05, 0) is 18.6 Å². The Kier molecular flexibility index (Phi) is 3.98. The number of nitro groups is 1. The van der Waals surface area contributed by atoms with Crippen molar-refractivity contribution in [2.45, 2.75) is 23.1 Å². The van der Waals surface area contributed by atoms with Crippen LogP contribution < -0.4 is 5.14 Å². The van der Waals surface area contributed by atoms with Crippen molar-refractivity contribution in [3.05, 3.63) is 27.8 Å². The van der Waals surface area contributed by atoms with E-state index in [1.165, 1.54) is 6.92 Å². The molecule has 2 N–H and O–H groups in total. The first kappa shape index (κ1) is 15.5. The highest BCUT2D eigenvalue weighted by molar-refractivity contribution is 7.91. The Morgan fingerprint density at radius 1 is 1.21 bits per heavy atom. The lowest BCUT2D eigenvalue weighted by molar-refractivity contribution is -0.388. The van der Waals surface area contributed by atoms with Gasteiger partial charge in [-0.3, -0.25) is 10.1 Å². The van der Waals surface area contributed by atoms with Gasteiger partial charge in [-0.25, -0.2) is 22.0 Å². The van der Waals surface area contributed by atoms with Gasteiger partial charge < -0.3 is 0 Å². The molecule has 0 fully saturated rings. The predicted molar refractivity (Wildman–Crippen MR) is 67.0 cm³/mol. The largest absolute Gasteiger partial charge is 0.293 e. The lowest BCUT2D eigenvalue weighted by Gasteiger charge is -2.09. The number of sulfone groups is 1. The minimum atomic E-state index is -4.31. The molecule has 0 atom stereocenters. The average molecular weight is 308 g/mol. The fourth-order valence-electron chi connectivity index (χ4n) is 1.72. The standard InChI is InChI=1S/C9H12N2O6S2/c1-3-6-7(18(2,14)15)4-5-8(19(10,16)17)9(6)11(12)13/h4-5H,3H2,1-2H3,(H2,10,16,17). The Balaban J connectivity index is 3.94. The van der Waals surface area contributed by atoms with Crippen molar-refractivity contribution in [3.8, 4) is 0 Å². The van der Waals surface area contributed by atoms with E-state index < -0.39 is 35.4 Å². The molecule has 10 heteroatoms. The van der Waals surface area contributed by atoms with E-state index in [1.54, 1.807) is 0 Å². The van der Waals surface area contributed by atoms with Gasteiger partial charge in [0.2, 0.25) is 10.0 Å². The van der Waals surface area contributed by atoms with Crippen molar-refractivity contribution in [2.75, 3.05) is 6.26 Å². The SMILES string of the molecule is CCc1c(S(C)(=O)=O)ccc(S(N)(=O)=O)c1[N+](=O)[O-]. The highest BCUT2D eigenvalue weighted by Crippen LogP contribution is 2.32. The summed E-state index contributed by atoms with van der Waals surface area (Å²) in [7, 11) is -8.01. The van der Waals surface area contributed by atoms with Crippen LogP contribution in [0.5, 0.6) is 0 Å². The number of primary sulfonamides is 1. The topological polar surface area (TPSA) is 137 Å². The van der Waals surface area contributed by atoms with Crippen molar-refractivity contribution in [1.82, 2.24) is 0 Å². The first-order valence-corrected chi connectivity index (χ1v) is 8.47. The van der Waals surface area contributed by atoms with Crippen molar-refractivity contribution in [1.29, 1.82) is 0 Å². The Morgan fingerprint density at radius 2 is 1.68 bits per heavy atom. The van der Waals surface area contributed by atoms with Crippen LogP contribution >= 0.6 is 0 Å². The van der Waals surface area contributed by atoms with Gasteiger partial charge in [0, 0.05) is 11.8 Å². The quantitative estimate of drug-likeness (QED) is 0.623. The molecule has 0 radical (unpaired) electrons. The van der Waals surface area contributed by atoms with Crippen LogP contribution in [0.15, 0.2) is 21.9 Å². The normalized spacial score (nSPS) is 12.4. The molecule has 0 amide bonds. The summed E-state index contributed by atoms with van der Waals surface area (Å²) in [5.74, 6) is 0. The van der Waals surface area contributed by atoms with Gasteiger partial charge in [-0.1, -0.05) is 6.92 Å².